The number of hydrogen-bond acceptors (Lipinski definition) is 9. The van der Waals surface area contributed by atoms with Gasteiger partial charge in [-0.25, -0.2) is 4.98 Å². The van der Waals surface area contributed by atoms with Crippen LogP contribution in [0.3, 0.4) is 0 Å². The van der Waals surface area contributed by atoms with Gasteiger partial charge in [0.25, 0.3) is 5.91 Å². The quantitative estimate of drug-likeness (QED) is 0.399. The van der Waals surface area contributed by atoms with Crippen molar-refractivity contribution in [3.8, 4) is 0 Å². The molecular formula is C27H30N8O2. The lowest BCUT2D eigenvalue weighted by Crippen LogP contribution is -2.47. The predicted molar refractivity (Wildman–Crippen MR) is 144 cm³/mol. The third-order valence-corrected chi connectivity index (χ3v) is 6.28. The van der Waals surface area contributed by atoms with E-state index in [2.05, 4.69) is 64.6 Å². The van der Waals surface area contributed by atoms with E-state index >= 15 is 0 Å². The number of aromatic nitrogens is 4. The van der Waals surface area contributed by atoms with Gasteiger partial charge in [-0.05, 0) is 51.0 Å². The highest BCUT2D eigenvalue weighted by atomic mass is 16.4. The highest BCUT2D eigenvalue weighted by Gasteiger charge is 2.21. The topological polar surface area (TPSA) is 112 Å². The van der Waals surface area contributed by atoms with Gasteiger partial charge in [-0.3, -0.25) is 10.1 Å². The number of aryl methyl sites for hydroxylation is 4. The summed E-state index contributed by atoms with van der Waals surface area (Å²) >= 11 is 0. The van der Waals surface area contributed by atoms with E-state index in [4.69, 9.17) is 4.42 Å². The first kappa shape index (κ1) is 24.2. The third kappa shape index (κ3) is 5.53. The molecule has 1 amide bonds. The number of oxazole rings is 1. The van der Waals surface area contributed by atoms with Gasteiger partial charge in [-0.1, -0.05) is 35.9 Å². The number of hydrogen-bond donors (Lipinski definition) is 2. The molecule has 10 heteroatoms. The number of nitrogens with zero attached hydrogens (tertiary/aromatic N) is 6. The number of amides is 1. The van der Waals surface area contributed by atoms with Crippen LogP contribution in [0.1, 0.15) is 33.1 Å². The number of benzene rings is 2. The number of anilines is 5. The van der Waals surface area contributed by atoms with E-state index in [1.165, 1.54) is 11.9 Å². The molecule has 5 rings (SSSR count). The molecule has 0 spiro atoms. The first-order valence-corrected chi connectivity index (χ1v) is 12.3. The summed E-state index contributed by atoms with van der Waals surface area (Å²) in [5.41, 5.74) is 5.10. The van der Waals surface area contributed by atoms with Gasteiger partial charge in [0.2, 0.25) is 17.7 Å². The Morgan fingerprint density at radius 1 is 0.892 bits per heavy atom. The molecule has 37 heavy (non-hydrogen) atoms. The van der Waals surface area contributed by atoms with Crippen LogP contribution in [0.2, 0.25) is 0 Å². The second-order valence-electron chi connectivity index (χ2n) is 9.20. The zero-order chi connectivity index (χ0) is 25.9. The minimum atomic E-state index is -0.376. The van der Waals surface area contributed by atoms with Gasteiger partial charge in [0.1, 0.15) is 5.82 Å². The molecule has 0 bridgehead atoms. The summed E-state index contributed by atoms with van der Waals surface area (Å²) in [6.45, 7) is 11.1. The van der Waals surface area contributed by atoms with Crippen LogP contribution < -0.4 is 20.4 Å². The molecule has 10 nitrogen and oxygen atoms in total. The fraction of sp³-hybridized carbons (Fsp3) is 0.296. The van der Waals surface area contributed by atoms with Crippen molar-refractivity contribution in [2.75, 3.05) is 46.6 Å². The lowest BCUT2D eigenvalue weighted by Gasteiger charge is -2.36. The third-order valence-electron chi connectivity index (χ3n) is 6.28. The molecule has 0 aliphatic carbocycles. The number of carbonyl (C=O) groups is 1. The molecule has 4 aromatic rings. The molecule has 0 saturated carbocycles. The molecule has 2 N–H and O–H groups in total. The van der Waals surface area contributed by atoms with Crippen molar-refractivity contribution in [3.63, 3.8) is 0 Å². The van der Waals surface area contributed by atoms with E-state index in [0.29, 0.717) is 17.7 Å². The maximum atomic E-state index is 12.8. The smallest absolute Gasteiger partial charge is 0.302 e. The monoisotopic (exact) mass is 498 g/mol. The second-order valence-corrected chi connectivity index (χ2v) is 9.20. The summed E-state index contributed by atoms with van der Waals surface area (Å²) in [7, 11) is 0. The van der Waals surface area contributed by atoms with Gasteiger partial charge < -0.3 is 19.5 Å². The second kappa shape index (κ2) is 10.3. The number of nitrogens with one attached hydrogen (secondary N) is 2. The van der Waals surface area contributed by atoms with E-state index < -0.39 is 0 Å². The largest absolute Gasteiger partial charge is 0.418 e. The molecule has 0 unspecified atom stereocenters. The van der Waals surface area contributed by atoms with Crippen LogP contribution in [-0.4, -0.2) is 52.0 Å². The Balaban J connectivity index is 1.25. The molecule has 0 radical (unpaired) electrons. The van der Waals surface area contributed by atoms with E-state index in [-0.39, 0.29) is 17.7 Å². The highest BCUT2D eigenvalue weighted by molar-refractivity contribution is 6.03. The average Bonchev–Trinajstić information content (AvgIpc) is 3.35. The minimum Gasteiger partial charge on any atom is -0.418 e. The Morgan fingerprint density at radius 3 is 2.27 bits per heavy atom. The Labute approximate surface area is 215 Å². The van der Waals surface area contributed by atoms with Crippen LogP contribution in [0.25, 0.3) is 0 Å². The molecule has 1 saturated heterocycles. The van der Waals surface area contributed by atoms with E-state index in [9.17, 15) is 4.79 Å². The summed E-state index contributed by atoms with van der Waals surface area (Å²) in [4.78, 5) is 34.9. The Hall–Kier alpha value is -4.47. The van der Waals surface area contributed by atoms with Gasteiger partial charge in [0.15, 0.2) is 0 Å². The normalized spacial score (nSPS) is 13.5. The maximum absolute atomic E-state index is 12.8. The van der Waals surface area contributed by atoms with Crippen LogP contribution in [0.15, 0.2) is 53.1 Å². The number of rotatable bonds is 6. The fourth-order valence-electron chi connectivity index (χ4n) is 4.55. The molecule has 1 aliphatic rings. The molecule has 190 valence electrons. The van der Waals surface area contributed by atoms with Crippen molar-refractivity contribution in [3.05, 3.63) is 76.9 Å². The van der Waals surface area contributed by atoms with Gasteiger partial charge >= 0.3 is 6.01 Å². The first-order chi connectivity index (χ1) is 17.9. The van der Waals surface area contributed by atoms with Crippen LogP contribution in [0, 0.1) is 27.7 Å². The molecule has 2 aromatic heterocycles. The average molecular weight is 499 g/mol. The SMILES string of the molecule is Cc1cc(C)c(NC(=O)c2cnc(Nc3nc(C)nc(N4CCN(c5ccccc5)CC4)n3)o2)c(C)c1. The van der Waals surface area contributed by atoms with Crippen LogP contribution in [0.4, 0.5) is 29.3 Å². The standard InChI is InChI=1S/C27H30N8O2/c1-17-14-18(2)23(19(3)15-17)31-24(36)22-16-28-27(37-22)33-25-29-20(4)30-26(32-25)35-12-10-34(11-13-35)21-8-6-5-7-9-21/h5-9,14-16H,10-13H2,1-4H3,(H,31,36)(H,28,29,30,32,33). The number of para-hydroxylation sites is 1. The van der Waals surface area contributed by atoms with Crippen molar-refractivity contribution in [2.24, 2.45) is 0 Å². The lowest BCUT2D eigenvalue weighted by atomic mass is 10.1. The van der Waals surface area contributed by atoms with Crippen molar-refractivity contribution in [1.82, 2.24) is 19.9 Å². The fourth-order valence-corrected chi connectivity index (χ4v) is 4.55. The van der Waals surface area contributed by atoms with Gasteiger partial charge in [-0.15, -0.1) is 0 Å². The number of piperazine rings is 1. The Kier molecular flexibility index (Phi) is 6.72. The Morgan fingerprint density at radius 2 is 1.57 bits per heavy atom. The zero-order valence-corrected chi connectivity index (χ0v) is 21.4. The number of carbonyl (C=O) groups excluding carboxylic acids is 1. The first-order valence-electron chi connectivity index (χ1n) is 12.3. The summed E-state index contributed by atoms with van der Waals surface area (Å²) in [5, 5.41) is 5.89. The van der Waals surface area contributed by atoms with E-state index in [1.807, 2.05) is 45.9 Å². The van der Waals surface area contributed by atoms with Crippen molar-refractivity contribution in [1.29, 1.82) is 0 Å². The van der Waals surface area contributed by atoms with E-state index in [0.717, 1.165) is 48.6 Å². The van der Waals surface area contributed by atoms with Crippen molar-refractivity contribution >= 4 is 35.2 Å². The van der Waals surface area contributed by atoms with Crippen LogP contribution in [-0.2, 0) is 0 Å². The van der Waals surface area contributed by atoms with E-state index in [1.54, 1.807) is 0 Å². The predicted octanol–water partition coefficient (Wildman–Crippen LogP) is 4.42. The molecule has 0 atom stereocenters. The molecule has 2 aromatic carbocycles. The van der Waals surface area contributed by atoms with Crippen LogP contribution >= 0.6 is 0 Å². The van der Waals surface area contributed by atoms with Crippen LogP contribution in [0.5, 0.6) is 0 Å². The molecule has 1 fully saturated rings. The summed E-state index contributed by atoms with van der Waals surface area (Å²) < 4.78 is 5.66. The lowest BCUT2D eigenvalue weighted by molar-refractivity contribution is 0.0997. The summed E-state index contributed by atoms with van der Waals surface area (Å²) in [6, 6.07) is 14.6. The van der Waals surface area contributed by atoms with Crippen molar-refractivity contribution < 1.29 is 9.21 Å². The minimum absolute atomic E-state index is 0.0879. The Bertz CT molecular complexity index is 1390. The zero-order valence-electron chi connectivity index (χ0n) is 21.4. The van der Waals surface area contributed by atoms with Gasteiger partial charge in [0.05, 0.1) is 6.20 Å². The molecule has 3 heterocycles. The molecular weight excluding hydrogens is 468 g/mol. The van der Waals surface area contributed by atoms with Crippen molar-refractivity contribution in [2.45, 2.75) is 27.7 Å². The van der Waals surface area contributed by atoms with Gasteiger partial charge in [-0.2, -0.15) is 15.0 Å². The molecule has 1 aliphatic heterocycles. The van der Waals surface area contributed by atoms with Gasteiger partial charge in [0, 0.05) is 37.6 Å². The summed E-state index contributed by atoms with van der Waals surface area (Å²) in [5.74, 6) is 1.20. The summed E-state index contributed by atoms with van der Waals surface area (Å²) in [6.07, 6.45) is 1.38. The maximum Gasteiger partial charge on any atom is 0.302 e. The highest BCUT2D eigenvalue weighted by Crippen LogP contribution is 2.24.